The number of carbonyl (C=O) groups excluding carboxylic acids is 1. The highest BCUT2D eigenvalue weighted by Crippen LogP contribution is 2.22. The fourth-order valence-corrected chi connectivity index (χ4v) is 5.52. The molecule has 0 spiro atoms. The van der Waals surface area contributed by atoms with Gasteiger partial charge in [-0.3, -0.25) is 4.79 Å². The number of para-hydroxylation sites is 1. The molecule has 2 aromatic carbocycles. The van der Waals surface area contributed by atoms with Crippen molar-refractivity contribution in [3.8, 4) is 5.75 Å². The van der Waals surface area contributed by atoms with E-state index in [1.165, 1.54) is 127 Å². The summed E-state index contributed by atoms with van der Waals surface area (Å²) in [5, 5.41) is 0. The molecule has 0 radical (unpaired) electrons. The first kappa shape index (κ1) is 37.6. The fraction of sp³-hybridized carbons (Fsp3) is 0.649. The lowest BCUT2D eigenvalue weighted by Gasteiger charge is -2.29. The Kier molecular flexibility index (Phi) is 22.1. The summed E-state index contributed by atoms with van der Waals surface area (Å²) in [5.41, 5.74) is 1.36. The second-order valence-corrected chi connectivity index (χ2v) is 12.4. The van der Waals surface area contributed by atoms with Gasteiger partial charge in [0.25, 0.3) is 0 Å². The zero-order valence-electron chi connectivity index (χ0n) is 26.7. The van der Waals surface area contributed by atoms with Gasteiger partial charge in [-0.2, -0.15) is 0 Å². The Labute approximate surface area is 270 Å². The highest BCUT2D eigenvalue weighted by atomic mass is 127. The molecule has 0 bridgehead atoms. The summed E-state index contributed by atoms with van der Waals surface area (Å²) in [7, 11) is 4.79. The molecule has 0 aromatic heterocycles. The van der Waals surface area contributed by atoms with Crippen LogP contribution < -0.4 is 28.7 Å². The molecule has 0 fully saturated rings. The molecular formula is C37H60INO2. The molecule has 0 unspecified atom stereocenters. The van der Waals surface area contributed by atoms with Gasteiger partial charge in [-0.25, -0.2) is 0 Å². The number of benzene rings is 2. The van der Waals surface area contributed by atoms with E-state index in [0.29, 0.717) is 23.5 Å². The van der Waals surface area contributed by atoms with Crippen LogP contribution in [0.3, 0.4) is 0 Å². The number of hydrogen-bond donors (Lipinski definition) is 0. The number of rotatable bonds is 25. The van der Waals surface area contributed by atoms with Gasteiger partial charge in [0.1, 0.15) is 5.75 Å². The number of nitrogens with zero attached hydrogens (tertiary/aromatic N) is 1. The van der Waals surface area contributed by atoms with Crippen LogP contribution in [0.15, 0.2) is 54.6 Å². The maximum absolute atomic E-state index is 12.8. The minimum absolute atomic E-state index is 0. The monoisotopic (exact) mass is 677 g/mol. The zero-order chi connectivity index (χ0) is 28.7. The molecule has 232 valence electrons. The maximum atomic E-state index is 12.8. The van der Waals surface area contributed by atoms with Crippen molar-refractivity contribution in [1.29, 1.82) is 0 Å². The molecule has 0 aliphatic carbocycles. The van der Waals surface area contributed by atoms with E-state index in [1.54, 1.807) is 0 Å². The average Bonchev–Trinajstić information content (AvgIpc) is 2.97. The molecule has 3 nitrogen and oxygen atoms in total. The highest BCUT2D eigenvalue weighted by molar-refractivity contribution is 6.10. The Morgan fingerprint density at radius 2 is 1.02 bits per heavy atom. The smallest absolute Gasteiger partial charge is 0.196 e. The Morgan fingerprint density at radius 3 is 1.56 bits per heavy atom. The van der Waals surface area contributed by atoms with Crippen LogP contribution in [0.2, 0.25) is 0 Å². The first-order chi connectivity index (χ1) is 19.5. The third kappa shape index (κ3) is 18.0. The first-order valence-corrected chi connectivity index (χ1v) is 16.7. The molecule has 0 saturated heterocycles. The lowest BCUT2D eigenvalue weighted by molar-refractivity contribution is -0.890. The predicted octanol–water partition coefficient (Wildman–Crippen LogP) is 7.42. The Bertz CT molecular complexity index is 899. The van der Waals surface area contributed by atoms with E-state index in [4.69, 9.17) is 4.74 Å². The number of ether oxygens (including phenoxy) is 1. The van der Waals surface area contributed by atoms with Gasteiger partial charge in [-0.1, -0.05) is 139 Å². The summed E-state index contributed by atoms with van der Waals surface area (Å²) < 4.78 is 7.21. The first-order valence-electron chi connectivity index (χ1n) is 16.7. The van der Waals surface area contributed by atoms with Gasteiger partial charge in [0, 0.05) is 5.56 Å². The van der Waals surface area contributed by atoms with E-state index in [0.717, 1.165) is 6.42 Å². The standard InChI is InChI=1S/C37H60NO2.HI/c1-4-5-31-38(2,3)32-25-18-16-14-12-10-8-6-7-9-11-13-15-17-19-26-33-40-36-30-24-23-29-35(36)37(39)34-27-21-20-22-28-34;/h20-24,27-30H,4-19,25-26,31-33H2,1-3H3;1H/q+1;/p-1. The highest BCUT2D eigenvalue weighted by Gasteiger charge is 2.14. The van der Waals surface area contributed by atoms with Crippen LogP contribution in [0.25, 0.3) is 0 Å². The quantitative estimate of drug-likeness (QED) is 0.0474. The van der Waals surface area contributed by atoms with Crippen LogP contribution >= 0.6 is 0 Å². The Morgan fingerprint density at radius 1 is 0.585 bits per heavy atom. The Balaban J connectivity index is 0.00000840. The van der Waals surface area contributed by atoms with Crippen molar-refractivity contribution >= 4 is 5.78 Å². The van der Waals surface area contributed by atoms with Gasteiger partial charge in [0.15, 0.2) is 5.78 Å². The Hall–Kier alpha value is -1.40. The topological polar surface area (TPSA) is 26.3 Å². The number of quaternary nitrogens is 1. The van der Waals surface area contributed by atoms with Crippen molar-refractivity contribution in [2.45, 2.75) is 122 Å². The molecule has 0 aliphatic rings. The number of hydrogen-bond acceptors (Lipinski definition) is 2. The van der Waals surface area contributed by atoms with Crippen LogP contribution in [0.1, 0.15) is 138 Å². The molecule has 0 atom stereocenters. The lowest BCUT2D eigenvalue weighted by atomic mass is 10.0. The minimum Gasteiger partial charge on any atom is -1.00 e. The van der Waals surface area contributed by atoms with Gasteiger partial charge < -0.3 is 33.2 Å². The van der Waals surface area contributed by atoms with Crippen molar-refractivity contribution in [3.05, 3.63) is 65.7 Å². The van der Waals surface area contributed by atoms with Crippen LogP contribution in [0.5, 0.6) is 5.75 Å². The zero-order valence-corrected chi connectivity index (χ0v) is 28.8. The van der Waals surface area contributed by atoms with Gasteiger partial charge in [-0.05, 0) is 37.8 Å². The predicted molar refractivity (Wildman–Crippen MR) is 172 cm³/mol. The maximum Gasteiger partial charge on any atom is 0.196 e. The largest absolute Gasteiger partial charge is 1.00 e. The van der Waals surface area contributed by atoms with E-state index in [2.05, 4.69) is 21.0 Å². The van der Waals surface area contributed by atoms with Crippen molar-refractivity contribution in [2.75, 3.05) is 33.8 Å². The molecule has 2 aromatic rings. The molecule has 4 heteroatoms. The molecular weight excluding hydrogens is 617 g/mol. The van der Waals surface area contributed by atoms with Crippen molar-refractivity contribution in [1.82, 2.24) is 0 Å². The van der Waals surface area contributed by atoms with E-state index in [1.807, 2.05) is 54.6 Å². The van der Waals surface area contributed by atoms with Crippen molar-refractivity contribution in [2.24, 2.45) is 0 Å². The molecule has 0 N–H and O–H groups in total. The fourth-order valence-electron chi connectivity index (χ4n) is 5.52. The lowest BCUT2D eigenvalue weighted by Crippen LogP contribution is -3.00. The summed E-state index contributed by atoms with van der Waals surface area (Å²) in [4.78, 5) is 12.8. The summed E-state index contributed by atoms with van der Waals surface area (Å²) in [6, 6.07) is 17.1. The van der Waals surface area contributed by atoms with E-state index < -0.39 is 0 Å². The summed E-state index contributed by atoms with van der Waals surface area (Å²) >= 11 is 0. The summed E-state index contributed by atoms with van der Waals surface area (Å²) in [6.07, 6.45) is 24.5. The summed E-state index contributed by atoms with van der Waals surface area (Å²) in [5.74, 6) is 0.729. The number of unbranched alkanes of at least 4 members (excludes halogenated alkanes) is 16. The van der Waals surface area contributed by atoms with E-state index in [9.17, 15) is 4.79 Å². The normalized spacial score (nSPS) is 11.3. The molecule has 41 heavy (non-hydrogen) atoms. The average molecular weight is 678 g/mol. The number of carbonyl (C=O) groups is 1. The SMILES string of the molecule is CCCC[N+](C)(C)CCCCCCCCCCCCCCCCCCOc1ccccc1C(=O)c1ccccc1.[I-]. The second kappa shape index (κ2) is 24.1. The van der Waals surface area contributed by atoms with Gasteiger partial charge >= 0.3 is 0 Å². The van der Waals surface area contributed by atoms with Crippen LogP contribution in [0, 0.1) is 0 Å². The molecule has 0 saturated carbocycles. The van der Waals surface area contributed by atoms with Crippen LogP contribution in [-0.2, 0) is 0 Å². The molecule has 0 amide bonds. The molecule has 2 rings (SSSR count). The van der Waals surface area contributed by atoms with Gasteiger partial charge in [0.05, 0.1) is 39.4 Å². The van der Waals surface area contributed by atoms with Crippen molar-refractivity contribution in [3.63, 3.8) is 0 Å². The van der Waals surface area contributed by atoms with Crippen LogP contribution in [-0.4, -0.2) is 44.1 Å². The van der Waals surface area contributed by atoms with E-state index >= 15 is 0 Å². The molecule has 0 heterocycles. The van der Waals surface area contributed by atoms with Crippen LogP contribution in [0.4, 0.5) is 0 Å². The van der Waals surface area contributed by atoms with Gasteiger partial charge in [-0.15, -0.1) is 0 Å². The van der Waals surface area contributed by atoms with Crippen molar-refractivity contribution < 1.29 is 38.0 Å². The van der Waals surface area contributed by atoms with Gasteiger partial charge in [0.2, 0.25) is 0 Å². The number of halogens is 1. The third-order valence-electron chi connectivity index (χ3n) is 8.20. The van der Waals surface area contributed by atoms with E-state index in [-0.39, 0.29) is 29.8 Å². The second-order valence-electron chi connectivity index (χ2n) is 12.4. The third-order valence-corrected chi connectivity index (χ3v) is 8.20. The molecule has 0 aliphatic heterocycles. The minimum atomic E-state index is 0. The summed E-state index contributed by atoms with van der Waals surface area (Å²) in [6.45, 7) is 5.66. The number of ketones is 1.